The van der Waals surface area contributed by atoms with Crippen LogP contribution in [0.2, 0.25) is 5.02 Å². The third-order valence-electron chi connectivity index (χ3n) is 3.92. The Labute approximate surface area is 158 Å². The molecule has 0 saturated heterocycles. The second kappa shape index (κ2) is 8.78. The van der Waals surface area contributed by atoms with E-state index in [1.165, 1.54) is 0 Å². The zero-order valence-electron chi connectivity index (χ0n) is 14.9. The molecule has 2 heterocycles. The molecule has 3 aromatic rings. The molecule has 7 heteroatoms. The quantitative estimate of drug-likeness (QED) is 0.605. The first-order chi connectivity index (χ1) is 12.7. The lowest BCUT2D eigenvalue weighted by Gasteiger charge is -2.12. The van der Waals surface area contributed by atoms with Gasteiger partial charge < -0.3 is 14.6 Å². The Morgan fingerprint density at radius 2 is 2.00 bits per heavy atom. The smallest absolute Gasteiger partial charge is 0.223 e. The van der Waals surface area contributed by atoms with Crippen molar-refractivity contribution in [2.24, 2.45) is 7.05 Å². The third kappa shape index (κ3) is 4.39. The molecular weight excluding hydrogens is 350 g/mol. The van der Waals surface area contributed by atoms with Crippen LogP contribution < -0.4 is 5.32 Å². The standard InChI is InChI=1S/C19H22ClN5O/c1-3-26-12-4-9-22-19-23-13-16(18-21-10-11-25(18)2)17(24-19)14-5-7-15(20)8-6-14/h5-8,10-11,13H,3-4,9,12H2,1-2H3,(H,22,23,24). The van der Waals surface area contributed by atoms with Crippen LogP contribution in [0.5, 0.6) is 0 Å². The number of imidazole rings is 1. The van der Waals surface area contributed by atoms with Crippen molar-refractivity contribution in [2.45, 2.75) is 13.3 Å². The fourth-order valence-electron chi connectivity index (χ4n) is 2.60. The lowest BCUT2D eigenvalue weighted by atomic mass is 10.1. The molecule has 0 aliphatic heterocycles. The highest BCUT2D eigenvalue weighted by molar-refractivity contribution is 6.30. The highest BCUT2D eigenvalue weighted by Gasteiger charge is 2.14. The monoisotopic (exact) mass is 371 g/mol. The predicted molar refractivity (Wildman–Crippen MR) is 104 cm³/mol. The van der Waals surface area contributed by atoms with Crippen molar-refractivity contribution in [3.63, 3.8) is 0 Å². The van der Waals surface area contributed by atoms with Gasteiger partial charge in [0.25, 0.3) is 0 Å². The molecule has 0 radical (unpaired) electrons. The van der Waals surface area contributed by atoms with E-state index in [1.54, 1.807) is 6.20 Å². The van der Waals surface area contributed by atoms with E-state index in [-0.39, 0.29) is 0 Å². The molecule has 0 spiro atoms. The summed E-state index contributed by atoms with van der Waals surface area (Å²) in [5.41, 5.74) is 2.66. The SMILES string of the molecule is CCOCCCNc1ncc(-c2nccn2C)c(-c2ccc(Cl)cc2)n1. The topological polar surface area (TPSA) is 64.9 Å². The van der Waals surface area contributed by atoms with Crippen molar-refractivity contribution in [3.05, 3.63) is 47.9 Å². The molecule has 0 aliphatic carbocycles. The van der Waals surface area contributed by atoms with E-state index in [2.05, 4.69) is 15.3 Å². The number of benzene rings is 1. The van der Waals surface area contributed by atoms with Gasteiger partial charge in [-0.1, -0.05) is 23.7 Å². The molecule has 0 saturated carbocycles. The first-order valence-electron chi connectivity index (χ1n) is 8.61. The Bertz CT molecular complexity index is 847. The van der Waals surface area contributed by atoms with Gasteiger partial charge in [0.1, 0.15) is 5.82 Å². The number of nitrogens with one attached hydrogen (secondary N) is 1. The number of nitrogens with zero attached hydrogens (tertiary/aromatic N) is 4. The van der Waals surface area contributed by atoms with Crippen molar-refractivity contribution in [1.29, 1.82) is 0 Å². The number of rotatable bonds is 8. The summed E-state index contributed by atoms with van der Waals surface area (Å²) in [5.74, 6) is 1.40. The van der Waals surface area contributed by atoms with Gasteiger partial charge in [-0.05, 0) is 25.5 Å². The molecule has 1 aromatic carbocycles. The summed E-state index contributed by atoms with van der Waals surface area (Å²) in [4.78, 5) is 13.6. The number of halogens is 1. The molecule has 0 amide bonds. The average Bonchev–Trinajstić information content (AvgIpc) is 3.08. The minimum Gasteiger partial charge on any atom is -0.382 e. The average molecular weight is 372 g/mol. The second-order valence-electron chi connectivity index (χ2n) is 5.80. The van der Waals surface area contributed by atoms with Gasteiger partial charge in [-0.3, -0.25) is 0 Å². The lowest BCUT2D eigenvalue weighted by Crippen LogP contribution is -2.09. The van der Waals surface area contributed by atoms with E-state index in [0.717, 1.165) is 48.8 Å². The largest absolute Gasteiger partial charge is 0.382 e. The first-order valence-corrected chi connectivity index (χ1v) is 8.99. The molecular formula is C19H22ClN5O. The molecule has 2 aromatic heterocycles. The molecule has 0 bridgehead atoms. The fraction of sp³-hybridized carbons (Fsp3) is 0.316. The van der Waals surface area contributed by atoms with E-state index in [1.807, 2.05) is 55.2 Å². The van der Waals surface area contributed by atoms with E-state index < -0.39 is 0 Å². The van der Waals surface area contributed by atoms with Crippen LogP contribution in [0.25, 0.3) is 22.6 Å². The van der Waals surface area contributed by atoms with Crippen molar-refractivity contribution in [3.8, 4) is 22.6 Å². The molecule has 6 nitrogen and oxygen atoms in total. The molecule has 26 heavy (non-hydrogen) atoms. The summed E-state index contributed by atoms with van der Waals surface area (Å²) >= 11 is 6.03. The molecule has 1 N–H and O–H groups in total. The zero-order chi connectivity index (χ0) is 18.4. The van der Waals surface area contributed by atoms with Crippen molar-refractivity contribution < 1.29 is 4.74 Å². The molecule has 0 aliphatic rings. The number of aryl methyl sites for hydroxylation is 1. The highest BCUT2D eigenvalue weighted by atomic mass is 35.5. The summed E-state index contributed by atoms with van der Waals surface area (Å²) in [6, 6.07) is 7.62. The van der Waals surface area contributed by atoms with E-state index >= 15 is 0 Å². The van der Waals surface area contributed by atoms with Crippen LogP contribution >= 0.6 is 11.6 Å². The lowest BCUT2D eigenvalue weighted by molar-refractivity contribution is 0.147. The molecule has 0 unspecified atom stereocenters. The zero-order valence-corrected chi connectivity index (χ0v) is 15.7. The van der Waals surface area contributed by atoms with Gasteiger partial charge in [0, 0.05) is 56.0 Å². The van der Waals surface area contributed by atoms with E-state index in [0.29, 0.717) is 11.0 Å². The summed E-state index contributed by atoms with van der Waals surface area (Å²) < 4.78 is 7.30. The van der Waals surface area contributed by atoms with Gasteiger partial charge in [-0.15, -0.1) is 0 Å². The van der Waals surface area contributed by atoms with Gasteiger partial charge in [0.2, 0.25) is 5.95 Å². The number of ether oxygens (including phenoxy) is 1. The summed E-state index contributed by atoms with van der Waals surface area (Å²) in [5, 5.41) is 3.95. The minimum atomic E-state index is 0.587. The first kappa shape index (κ1) is 18.4. The number of hydrogen-bond acceptors (Lipinski definition) is 5. The maximum Gasteiger partial charge on any atom is 0.223 e. The van der Waals surface area contributed by atoms with Crippen LogP contribution in [0, 0.1) is 0 Å². The summed E-state index contributed by atoms with van der Waals surface area (Å²) in [7, 11) is 1.95. The fourth-order valence-corrected chi connectivity index (χ4v) is 2.73. The number of hydrogen-bond donors (Lipinski definition) is 1. The van der Waals surface area contributed by atoms with Crippen LogP contribution in [0.15, 0.2) is 42.9 Å². The summed E-state index contributed by atoms with van der Waals surface area (Å²) in [6.07, 6.45) is 6.38. The normalized spacial score (nSPS) is 10.9. The van der Waals surface area contributed by atoms with Crippen molar-refractivity contribution >= 4 is 17.5 Å². The highest BCUT2D eigenvalue weighted by Crippen LogP contribution is 2.30. The van der Waals surface area contributed by atoms with Gasteiger partial charge in [-0.25, -0.2) is 15.0 Å². The van der Waals surface area contributed by atoms with Crippen molar-refractivity contribution in [1.82, 2.24) is 19.5 Å². The Balaban J connectivity index is 1.90. The molecule has 0 fully saturated rings. The molecule has 0 atom stereocenters. The maximum atomic E-state index is 6.03. The maximum absolute atomic E-state index is 6.03. The van der Waals surface area contributed by atoms with Crippen molar-refractivity contribution in [2.75, 3.05) is 25.1 Å². The molecule has 136 valence electrons. The predicted octanol–water partition coefficient (Wildman–Crippen LogP) is 4.04. The second-order valence-corrected chi connectivity index (χ2v) is 6.24. The molecule has 3 rings (SSSR count). The van der Waals surface area contributed by atoms with Gasteiger partial charge in [-0.2, -0.15) is 0 Å². The van der Waals surface area contributed by atoms with Gasteiger partial charge >= 0.3 is 0 Å². The number of anilines is 1. The summed E-state index contributed by atoms with van der Waals surface area (Å²) in [6.45, 7) is 4.20. The number of aromatic nitrogens is 4. The van der Waals surface area contributed by atoms with E-state index in [4.69, 9.17) is 21.3 Å². The van der Waals surface area contributed by atoms with Crippen LogP contribution in [-0.2, 0) is 11.8 Å². The Kier molecular flexibility index (Phi) is 6.20. The van der Waals surface area contributed by atoms with E-state index in [9.17, 15) is 0 Å². The van der Waals surface area contributed by atoms with Gasteiger partial charge in [0.05, 0.1) is 11.3 Å². The Hall–Kier alpha value is -2.44. The van der Waals surface area contributed by atoms with Gasteiger partial charge in [0.15, 0.2) is 0 Å². The minimum absolute atomic E-state index is 0.587. The van der Waals surface area contributed by atoms with Crippen LogP contribution in [0.4, 0.5) is 5.95 Å². The third-order valence-corrected chi connectivity index (χ3v) is 4.17. The van der Waals surface area contributed by atoms with Crippen LogP contribution in [0.3, 0.4) is 0 Å². The van der Waals surface area contributed by atoms with Crippen LogP contribution in [-0.4, -0.2) is 39.3 Å². The Morgan fingerprint density at radius 3 is 2.69 bits per heavy atom. The Morgan fingerprint density at radius 1 is 1.19 bits per heavy atom. The van der Waals surface area contributed by atoms with Crippen LogP contribution in [0.1, 0.15) is 13.3 Å².